The maximum Gasteiger partial charge on any atom is 0.345 e. The van der Waals surface area contributed by atoms with Gasteiger partial charge in [-0.25, -0.2) is 4.79 Å². The Morgan fingerprint density at radius 3 is 2.37 bits per heavy atom. The largest absolute Gasteiger partial charge is 0.478 e. The molecule has 0 aromatic heterocycles. The summed E-state index contributed by atoms with van der Waals surface area (Å²) in [5.74, 6) is -1.37. The molecule has 0 unspecified atom stereocenters. The summed E-state index contributed by atoms with van der Waals surface area (Å²) in [4.78, 5) is 26.1. The normalized spacial score (nSPS) is 16.8. The van der Waals surface area contributed by atoms with Crippen molar-refractivity contribution < 1.29 is 24.2 Å². The number of aliphatic carboxylic acids is 1. The lowest BCUT2D eigenvalue weighted by Gasteiger charge is -2.29. The van der Waals surface area contributed by atoms with E-state index in [9.17, 15) is 14.7 Å². The number of esters is 1. The van der Waals surface area contributed by atoms with Gasteiger partial charge in [-0.15, -0.1) is 0 Å². The van der Waals surface area contributed by atoms with Crippen molar-refractivity contribution >= 4 is 17.6 Å². The molecular formula is C20H30N2O5. The smallest absolute Gasteiger partial charge is 0.345 e. The molecule has 2 rings (SSSR count). The standard InChI is InChI=1S/C20H30N2O5/c1-14(2)12-17(21-3)20(25)27-18(19(23)24)13-15-4-6-16(7-5-15)22-8-10-26-11-9-22/h4-7,14,17-18,21H,8-13H2,1-3H3,(H,23,24)/t17-,18+/m0/s1. The molecule has 0 saturated carbocycles. The van der Waals surface area contributed by atoms with E-state index in [2.05, 4.69) is 10.2 Å². The number of morpholine rings is 1. The Morgan fingerprint density at radius 1 is 1.22 bits per heavy atom. The average molecular weight is 378 g/mol. The van der Waals surface area contributed by atoms with E-state index in [1.165, 1.54) is 0 Å². The van der Waals surface area contributed by atoms with Gasteiger partial charge in [0.15, 0.2) is 0 Å². The highest BCUT2D eigenvalue weighted by molar-refractivity contribution is 5.81. The van der Waals surface area contributed by atoms with Crippen LogP contribution in [0.1, 0.15) is 25.8 Å². The Bertz CT molecular complexity index is 611. The molecule has 0 bridgehead atoms. The van der Waals surface area contributed by atoms with Crippen LogP contribution < -0.4 is 10.2 Å². The van der Waals surface area contributed by atoms with Crippen LogP contribution in [0.2, 0.25) is 0 Å². The summed E-state index contributed by atoms with van der Waals surface area (Å²) < 4.78 is 10.6. The zero-order chi connectivity index (χ0) is 19.8. The summed E-state index contributed by atoms with van der Waals surface area (Å²) >= 11 is 0. The SMILES string of the molecule is CN[C@@H](CC(C)C)C(=O)O[C@H](Cc1ccc(N2CCOCC2)cc1)C(=O)O. The molecule has 27 heavy (non-hydrogen) atoms. The van der Waals surface area contributed by atoms with Crippen LogP contribution in [0.4, 0.5) is 5.69 Å². The molecule has 0 aliphatic carbocycles. The van der Waals surface area contributed by atoms with E-state index >= 15 is 0 Å². The van der Waals surface area contributed by atoms with Crippen LogP contribution in [0.15, 0.2) is 24.3 Å². The first kappa shape index (κ1) is 21.2. The minimum absolute atomic E-state index is 0.141. The molecule has 1 heterocycles. The number of carboxylic acid groups (broad SMARTS) is 1. The second-order valence-electron chi connectivity index (χ2n) is 7.20. The van der Waals surface area contributed by atoms with Crippen LogP contribution in [0.5, 0.6) is 0 Å². The molecule has 0 amide bonds. The van der Waals surface area contributed by atoms with Crippen molar-refractivity contribution in [2.75, 3.05) is 38.3 Å². The van der Waals surface area contributed by atoms with Crippen molar-refractivity contribution in [3.8, 4) is 0 Å². The van der Waals surface area contributed by atoms with Crippen LogP contribution >= 0.6 is 0 Å². The summed E-state index contributed by atoms with van der Waals surface area (Å²) in [5, 5.41) is 12.4. The third kappa shape index (κ3) is 6.52. The van der Waals surface area contributed by atoms with Gasteiger partial charge >= 0.3 is 11.9 Å². The molecule has 7 nitrogen and oxygen atoms in total. The quantitative estimate of drug-likeness (QED) is 0.632. The van der Waals surface area contributed by atoms with Gasteiger partial charge in [-0.05, 0) is 37.1 Å². The highest BCUT2D eigenvalue weighted by Gasteiger charge is 2.27. The Kier molecular flexibility index (Phi) is 8.06. The van der Waals surface area contributed by atoms with Crippen LogP contribution in [-0.4, -0.2) is 62.5 Å². The van der Waals surface area contributed by atoms with E-state index in [0.29, 0.717) is 25.6 Å². The molecule has 7 heteroatoms. The van der Waals surface area contributed by atoms with Crippen molar-refractivity contribution in [1.29, 1.82) is 0 Å². The topological polar surface area (TPSA) is 88.1 Å². The Labute approximate surface area is 160 Å². The minimum Gasteiger partial charge on any atom is -0.478 e. The van der Waals surface area contributed by atoms with Crippen molar-refractivity contribution in [3.63, 3.8) is 0 Å². The second kappa shape index (κ2) is 10.3. The number of likely N-dealkylation sites (N-methyl/N-ethyl adjacent to an activating group) is 1. The van der Waals surface area contributed by atoms with Gasteiger partial charge in [-0.2, -0.15) is 0 Å². The predicted molar refractivity (Wildman–Crippen MR) is 103 cm³/mol. The van der Waals surface area contributed by atoms with Gasteiger partial charge in [0.2, 0.25) is 6.10 Å². The fourth-order valence-corrected chi connectivity index (χ4v) is 3.08. The third-order valence-electron chi connectivity index (χ3n) is 4.61. The molecule has 150 valence electrons. The van der Waals surface area contributed by atoms with Crippen molar-refractivity contribution in [2.45, 2.75) is 38.8 Å². The molecule has 0 radical (unpaired) electrons. The number of carbonyl (C=O) groups excluding carboxylic acids is 1. The number of benzene rings is 1. The third-order valence-corrected chi connectivity index (χ3v) is 4.61. The maximum absolute atomic E-state index is 12.3. The van der Waals surface area contributed by atoms with Crippen molar-refractivity contribution in [2.24, 2.45) is 5.92 Å². The number of nitrogens with zero attached hydrogens (tertiary/aromatic N) is 1. The van der Waals surface area contributed by atoms with Gasteiger partial charge in [-0.1, -0.05) is 26.0 Å². The minimum atomic E-state index is -1.20. The van der Waals surface area contributed by atoms with Crippen LogP contribution in [0.3, 0.4) is 0 Å². The molecule has 2 atom stereocenters. The van der Waals surface area contributed by atoms with Gasteiger partial charge in [0.05, 0.1) is 13.2 Å². The Morgan fingerprint density at radius 2 is 1.85 bits per heavy atom. The van der Waals surface area contributed by atoms with E-state index in [-0.39, 0.29) is 6.42 Å². The summed E-state index contributed by atoms with van der Waals surface area (Å²) in [6, 6.07) is 7.21. The molecule has 1 aromatic carbocycles. The first-order chi connectivity index (χ1) is 12.9. The highest BCUT2D eigenvalue weighted by Crippen LogP contribution is 2.18. The first-order valence-corrected chi connectivity index (χ1v) is 9.43. The fourth-order valence-electron chi connectivity index (χ4n) is 3.08. The predicted octanol–water partition coefficient (Wildman–Crippen LogP) is 1.70. The number of hydrogen-bond acceptors (Lipinski definition) is 6. The zero-order valence-electron chi connectivity index (χ0n) is 16.3. The second-order valence-corrected chi connectivity index (χ2v) is 7.20. The number of carboxylic acids is 1. The fraction of sp³-hybridized carbons (Fsp3) is 0.600. The lowest BCUT2D eigenvalue weighted by molar-refractivity contribution is -0.165. The summed E-state index contributed by atoms with van der Waals surface area (Å²) in [6.07, 6.45) is -0.465. The zero-order valence-corrected chi connectivity index (χ0v) is 16.3. The number of anilines is 1. The van der Waals surface area contributed by atoms with Gasteiger partial charge in [-0.3, -0.25) is 4.79 Å². The Balaban J connectivity index is 1.98. The van der Waals surface area contributed by atoms with Crippen molar-refractivity contribution in [3.05, 3.63) is 29.8 Å². The molecule has 1 aliphatic rings. The van der Waals surface area contributed by atoms with E-state index in [1.807, 2.05) is 38.1 Å². The van der Waals surface area contributed by atoms with E-state index < -0.39 is 24.1 Å². The van der Waals surface area contributed by atoms with E-state index in [0.717, 1.165) is 24.3 Å². The number of hydrogen-bond donors (Lipinski definition) is 2. The molecule has 1 saturated heterocycles. The number of rotatable bonds is 9. The maximum atomic E-state index is 12.3. The van der Waals surface area contributed by atoms with Gasteiger partial charge in [0, 0.05) is 25.2 Å². The summed E-state index contributed by atoms with van der Waals surface area (Å²) in [6.45, 7) is 7.11. The van der Waals surface area contributed by atoms with Gasteiger partial charge in [0.25, 0.3) is 0 Å². The van der Waals surface area contributed by atoms with Crippen LogP contribution in [0, 0.1) is 5.92 Å². The van der Waals surface area contributed by atoms with Crippen LogP contribution in [0.25, 0.3) is 0 Å². The first-order valence-electron chi connectivity index (χ1n) is 9.43. The van der Waals surface area contributed by atoms with E-state index in [4.69, 9.17) is 9.47 Å². The lowest BCUT2D eigenvalue weighted by Crippen LogP contribution is -2.41. The number of carbonyl (C=O) groups is 2. The molecule has 1 aromatic rings. The Hall–Kier alpha value is -2.12. The molecular weight excluding hydrogens is 348 g/mol. The summed E-state index contributed by atoms with van der Waals surface area (Å²) in [7, 11) is 1.68. The van der Waals surface area contributed by atoms with Gasteiger partial charge < -0.3 is 24.8 Å². The van der Waals surface area contributed by atoms with Crippen LogP contribution in [-0.2, 0) is 25.5 Å². The monoisotopic (exact) mass is 378 g/mol. The highest BCUT2D eigenvalue weighted by atomic mass is 16.6. The van der Waals surface area contributed by atoms with Crippen molar-refractivity contribution in [1.82, 2.24) is 5.32 Å². The number of nitrogens with one attached hydrogen (secondary N) is 1. The molecule has 0 spiro atoms. The molecule has 1 fully saturated rings. The summed E-state index contributed by atoms with van der Waals surface area (Å²) in [5.41, 5.74) is 1.90. The van der Waals surface area contributed by atoms with E-state index in [1.54, 1.807) is 7.05 Å². The number of ether oxygens (including phenoxy) is 2. The lowest BCUT2D eigenvalue weighted by atomic mass is 10.0. The molecule has 1 aliphatic heterocycles. The van der Waals surface area contributed by atoms with Gasteiger partial charge in [0.1, 0.15) is 6.04 Å². The molecule has 2 N–H and O–H groups in total. The average Bonchev–Trinajstić information content (AvgIpc) is 2.66.